The van der Waals surface area contributed by atoms with Crippen molar-refractivity contribution in [3.8, 4) is 0 Å². The molecule has 0 aromatic heterocycles. The fourth-order valence-electron chi connectivity index (χ4n) is 2.43. The molecule has 1 fully saturated rings. The van der Waals surface area contributed by atoms with Crippen LogP contribution in [-0.4, -0.2) is 29.8 Å². The standard InChI is InChI=1S/C17H23NO4/c1-17(2,3)22-16(20)18-13(14-9-10-15(19)21-14)11-12-7-5-4-6-8-12/h4-8,13-14H,9-11H2,1-3H3,(H,18,20)/t13?,14-/m0/s1. The lowest BCUT2D eigenvalue weighted by Crippen LogP contribution is -2.46. The molecule has 2 atom stereocenters. The molecule has 1 aromatic carbocycles. The molecule has 2 rings (SSSR count). The lowest BCUT2D eigenvalue weighted by molar-refractivity contribution is -0.142. The van der Waals surface area contributed by atoms with Crippen molar-refractivity contribution in [3.05, 3.63) is 35.9 Å². The topological polar surface area (TPSA) is 64.6 Å². The molecule has 1 saturated heterocycles. The van der Waals surface area contributed by atoms with Crippen LogP contribution in [0.3, 0.4) is 0 Å². The third-order valence-electron chi connectivity index (χ3n) is 3.37. The Morgan fingerprint density at radius 2 is 2.05 bits per heavy atom. The van der Waals surface area contributed by atoms with E-state index in [2.05, 4.69) is 5.32 Å². The fourth-order valence-corrected chi connectivity index (χ4v) is 2.43. The molecule has 5 nitrogen and oxygen atoms in total. The highest BCUT2D eigenvalue weighted by Crippen LogP contribution is 2.20. The summed E-state index contributed by atoms with van der Waals surface area (Å²) in [5.74, 6) is -0.214. The van der Waals surface area contributed by atoms with Gasteiger partial charge >= 0.3 is 12.1 Å². The molecule has 1 N–H and O–H groups in total. The van der Waals surface area contributed by atoms with E-state index in [4.69, 9.17) is 9.47 Å². The van der Waals surface area contributed by atoms with Crippen LogP contribution in [0.25, 0.3) is 0 Å². The zero-order valence-electron chi connectivity index (χ0n) is 13.3. The van der Waals surface area contributed by atoms with Gasteiger partial charge in [0.05, 0.1) is 6.04 Å². The summed E-state index contributed by atoms with van der Waals surface area (Å²) >= 11 is 0. The summed E-state index contributed by atoms with van der Waals surface area (Å²) in [4.78, 5) is 23.4. The van der Waals surface area contributed by atoms with E-state index < -0.39 is 11.7 Å². The third kappa shape index (κ3) is 5.06. The SMILES string of the molecule is CC(C)(C)OC(=O)NC(Cc1ccccc1)[C@@H]1CCC(=O)O1. The fraction of sp³-hybridized carbons (Fsp3) is 0.529. The second-order valence-electron chi connectivity index (χ2n) is 6.51. The largest absolute Gasteiger partial charge is 0.460 e. The quantitative estimate of drug-likeness (QED) is 0.869. The number of carbonyl (C=O) groups is 2. The molecular formula is C17H23NO4. The summed E-state index contributed by atoms with van der Waals surface area (Å²) in [6, 6.07) is 9.51. The van der Waals surface area contributed by atoms with Crippen LogP contribution in [0.5, 0.6) is 0 Å². The Bertz CT molecular complexity index is 521. The van der Waals surface area contributed by atoms with Crippen LogP contribution < -0.4 is 5.32 Å². The number of amides is 1. The van der Waals surface area contributed by atoms with Gasteiger partial charge in [-0.2, -0.15) is 0 Å². The van der Waals surface area contributed by atoms with E-state index >= 15 is 0 Å². The van der Waals surface area contributed by atoms with Gasteiger partial charge in [0.15, 0.2) is 0 Å². The molecule has 1 aliphatic heterocycles. The minimum Gasteiger partial charge on any atom is -0.460 e. The Morgan fingerprint density at radius 1 is 1.36 bits per heavy atom. The van der Waals surface area contributed by atoms with E-state index in [9.17, 15) is 9.59 Å². The molecule has 1 heterocycles. The van der Waals surface area contributed by atoms with Gasteiger partial charge in [-0.05, 0) is 39.2 Å². The number of nitrogens with one attached hydrogen (secondary N) is 1. The maximum Gasteiger partial charge on any atom is 0.408 e. The predicted octanol–water partition coefficient (Wildman–Crippen LogP) is 2.83. The van der Waals surface area contributed by atoms with Crippen LogP contribution in [0, 0.1) is 0 Å². The zero-order valence-corrected chi connectivity index (χ0v) is 13.3. The number of hydrogen-bond donors (Lipinski definition) is 1. The van der Waals surface area contributed by atoms with Crippen molar-refractivity contribution in [1.29, 1.82) is 0 Å². The minimum atomic E-state index is -0.562. The first kappa shape index (κ1) is 16.3. The van der Waals surface area contributed by atoms with Gasteiger partial charge in [0.25, 0.3) is 0 Å². The highest BCUT2D eigenvalue weighted by molar-refractivity contribution is 5.72. The van der Waals surface area contributed by atoms with E-state index in [1.165, 1.54) is 0 Å². The van der Waals surface area contributed by atoms with Crippen molar-refractivity contribution in [2.24, 2.45) is 0 Å². The van der Waals surface area contributed by atoms with Gasteiger partial charge in [0.2, 0.25) is 0 Å². The lowest BCUT2D eigenvalue weighted by Gasteiger charge is -2.26. The number of rotatable bonds is 4. The van der Waals surface area contributed by atoms with E-state index in [0.29, 0.717) is 19.3 Å². The molecule has 1 aromatic rings. The van der Waals surface area contributed by atoms with Crippen molar-refractivity contribution in [1.82, 2.24) is 5.32 Å². The van der Waals surface area contributed by atoms with Crippen LogP contribution in [0.15, 0.2) is 30.3 Å². The van der Waals surface area contributed by atoms with Crippen LogP contribution in [0.1, 0.15) is 39.2 Å². The molecule has 1 aliphatic rings. The molecule has 22 heavy (non-hydrogen) atoms. The zero-order chi connectivity index (χ0) is 16.2. The minimum absolute atomic E-state index is 0.214. The van der Waals surface area contributed by atoms with Crippen molar-refractivity contribution < 1.29 is 19.1 Å². The second kappa shape index (κ2) is 6.81. The molecule has 0 aliphatic carbocycles. The van der Waals surface area contributed by atoms with E-state index in [1.807, 2.05) is 51.1 Å². The van der Waals surface area contributed by atoms with Gasteiger partial charge in [-0.3, -0.25) is 4.79 Å². The first-order chi connectivity index (χ1) is 10.3. The van der Waals surface area contributed by atoms with Gasteiger partial charge in [-0.15, -0.1) is 0 Å². The van der Waals surface area contributed by atoms with Crippen molar-refractivity contribution in [3.63, 3.8) is 0 Å². The predicted molar refractivity (Wildman–Crippen MR) is 82.4 cm³/mol. The summed E-state index contributed by atoms with van der Waals surface area (Å²) in [5, 5.41) is 2.85. The van der Waals surface area contributed by atoms with Gasteiger partial charge in [0.1, 0.15) is 11.7 Å². The maximum absolute atomic E-state index is 12.0. The maximum atomic E-state index is 12.0. The second-order valence-corrected chi connectivity index (χ2v) is 6.51. The molecular weight excluding hydrogens is 282 g/mol. The Morgan fingerprint density at radius 3 is 2.59 bits per heavy atom. The first-order valence-corrected chi connectivity index (χ1v) is 7.56. The molecule has 0 saturated carbocycles. The molecule has 0 bridgehead atoms. The number of esters is 1. The highest BCUT2D eigenvalue weighted by Gasteiger charge is 2.33. The number of carbonyl (C=O) groups excluding carboxylic acids is 2. The van der Waals surface area contributed by atoms with Crippen LogP contribution in [-0.2, 0) is 20.7 Å². The van der Waals surface area contributed by atoms with Crippen molar-refractivity contribution >= 4 is 12.1 Å². The van der Waals surface area contributed by atoms with E-state index in [0.717, 1.165) is 5.56 Å². The van der Waals surface area contributed by atoms with Gasteiger partial charge < -0.3 is 14.8 Å². The van der Waals surface area contributed by atoms with Gasteiger partial charge in [-0.1, -0.05) is 30.3 Å². The number of benzene rings is 1. The average molecular weight is 305 g/mol. The first-order valence-electron chi connectivity index (χ1n) is 7.56. The monoisotopic (exact) mass is 305 g/mol. The average Bonchev–Trinajstić information content (AvgIpc) is 2.84. The Balaban J connectivity index is 2.04. The number of cyclic esters (lactones) is 1. The molecule has 1 unspecified atom stereocenters. The summed E-state index contributed by atoms with van der Waals surface area (Å²) < 4.78 is 10.6. The Kier molecular flexibility index (Phi) is 5.06. The molecule has 120 valence electrons. The third-order valence-corrected chi connectivity index (χ3v) is 3.37. The van der Waals surface area contributed by atoms with Crippen molar-refractivity contribution in [2.75, 3.05) is 0 Å². The summed E-state index contributed by atoms with van der Waals surface area (Å²) in [6.45, 7) is 5.44. The summed E-state index contributed by atoms with van der Waals surface area (Å²) in [6.07, 6.45) is 0.812. The Labute approximate surface area is 131 Å². The van der Waals surface area contributed by atoms with E-state index in [1.54, 1.807) is 0 Å². The Hall–Kier alpha value is -2.04. The van der Waals surface area contributed by atoms with Gasteiger partial charge in [-0.25, -0.2) is 4.79 Å². The number of alkyl carbamates (subject to hydrolysis) is 1. The van der Waals surface area contributed by atoms with Gasteiger partial charge in [0, 0.05) is 6.42 Å². The van der Waals surface area contributed by atoms with Crippen molar-refractivity contribution in [2.45, 2.75) is 57.8 Å². The van der Waals surface area contributed by atoms with Crippen LogP contribution >= 0.6 is 0 Å². The molecule has 0 radical (unpaired) electrons. The number of hydrogen-bond acceptors (Lipinski definition) is 4. The molecule has 5 heteroatoms. The van der Waals surface area contributed by atoms with Crippen LogP contribution in [0.2, 0.25) is 0 Å². The van der Waals surface area contributed by atoms with Crippen LogP contribution in [0.4, 0.5) is 4.79 Å². The normalized spacial score (nSPS) is 19.4. The summed E-state index contributed by atoms with van der Waals surface area (Å²) in [7, 11) is 0. The molecule has 1 amide bonds. The lowest BCUT2D eigenvalue weighted by atomic mass is 9.99. The molecule has 0 spiro atoms. The smallest absolute Gasteiger partial charge is 0.408 e. The van der Waals surface area contributed by atoms with E-state index in [-0.39, 0.29) is 18.1 Å². The number of ether oxygens (including phenoxy) is 2. The highest BCUT2D eigenvalue weighted by atomic mass is 16.6. The summed E-state index contributed by atoms with van der Waals surface area (Å²) in [5.41, 5.74) is 0.514.